The molecule has 0 aromatic heterocycles. The smallest absolute Gasteiger partial charge is 0.232 e. The Balaban J connectivity index is 1.90. The molecule has 19 heavy (non-hydrogen) atoms. The molecule has 3 fully saturated rings. The van der Waals surface area contributed by atoms with Crippen LogP contribution in [0, 0.1) is 17.8 Å². The lowest BCUT2D eigenvalue weighted by Gasteiger charge is -2.48. The lowest BCUT2D eigenvalue weighted by atomic mass is 9.75. The van der Waals surface area contributed by atoms with Crippen molar-refractivity contribution < 1.29 is 14.7 Å². The molecular weight excluding hydrogens is 242 g/mol. The Kier molecular flexibility index (Phi) is 3.16. The minimum atomic E-state index is -0.595. The summed E-state index contributed by atoms with van der Waals surface area (Å²) in [6, 6.07) is 0. The molecule has 1 N–H and O–H groups in total. The maximum Gasteiger partial charge on any atom is 0.232 e. The normalized spacial score (nSPS) is 42.8. The summed E-state index contributed by atoms with van der Waals surface area (Å²) in [4.78, 5) is 26.6. The fraction of sp³-hybridized carbons (Fsp3) is 0.867. The van der Waals surface area contributed by atoms with Crippen LogP contribution in [0.25, 0.3) is 0 Å². The van der Waals surface area contributed by atoms with E-state index in [1.54, 1.807) is 0 Å². The van der Waals surface area contributed by atoms with Crippen molar-refractivity contribution in [3.05, 3.63) is 0 Å². The Labute approximate surface area is 114 Å². The Hall–Kier alpha value is -0.900. The van der Waals surface area contributed by atoms with Gasteiger partial charge in [0.15, 0.2) is 0 Å². The van der Waals surface area contributed by atoms with Gasteiger partial charge in [-0.2, -0.15) is 0 Å². The van der Waals surface area contributed by atoms with Crippen LogP contribution in [0.3, 0.4) is 0 Å². The maximum atomic E-state index is 12.5. The second kappa shape index (κ2) is 4.58. The molecule has 3 rings (SSSR count). The number of nitrogens with zero attached hydrogens (tertiary/aromatic N) is 1. The van der Waals surface area contributed by atoms with Crippen LogP contribution in [0.4, 0.5) is 0 Å². The number of aliphatic hydroxyl groups is 1. The van der Waals surface area contributed by atoms with E-state index in [0.717, 1.165) is 44.9 Å². The molecule has 3 aliphatic rings. The number of carbonyl (C=O) groups excluding carboxylic acids is 2. The van der Waals surface area contributed by atoms with Gasteiger partial charge in [-0.3, -0.25) is 14.5 Å². The third-order valence-electron chi connectivity index (χ3n) is 5.55. The zero-order valence-corrected chi connectivity index (χ0v) is 11.6. The van der Waals surface area contributed by atoms with Gasteiger partial charge in [-0.1, -0.05) is 6.92 Å². The second-order valence-electron chi connectivity index (χ2n) is 6.78. The van der Waals surface area contributed by atoms with Gasteiger partial charge in [0.2, 0.25) is 11.8 Å². The molecule has 1 heterocycles. The number of hydrogen-bond acceptors (Lipinski definition) is 3. The summed E-state index contributed by atoms with van der Waals surface area (Å²) in [6.07, 6.45) is 5.96. The summed E-state index contributed by atoms with van der Waals surface area (Å²) in [5, 5.41) is 9.86. The number of aliphatic hydroxyl groups excluding tert-OH is 1. The summed E-state index contributed by atoms with van der Waals surface area (Å²) < 4.78 is 0. The molecule has 1 saturated heterocycles. The Morgan fingerprint density at radius 3 is 2.11 bits per heavy atom. The number of likely N-dealkylation sites (tertiary alicyclic amines) is 1. The lowest BCUT2D eigenvalue weighted by molar-refractivity contribution is -0.165. The van der Waals surface area contributed by atoms with Crippen LogP contribution in [0.1, 0.15) is 51.9 Å². The summed E-state index contributed by atoms with van der Waals surface area (Å²) in [5.41, 5.74) is -0.595. The molecule has 0 aromatic carbocycles. The molecule has 4 nitrogen and oxygen atoms in total. The zero-order chi connectivity index (χ0) is 13.6. The van der Waals surface area contributed by atoms with Crippen molar-refractivity contribution in [2.24, 2.45) is 17.8 Å². The van der Waals surface area contributed by atoms with Crippen molar-refractivity contribution in [1.29, 1.82) is 0 Å². The number of amides is 2. The van der Waals surface area contributed by atoms with Gasteiger partial charge in [0, 0.05) is 11.8 Å². The minimum absolute atomic E-state index is 0.0117. The van der Waals surface area contributed by atoms with E-state index < -0.39 is 5.54 Å². The van der Waals surface area contributed by atoms with Crippen molar-refractivity contribution >= 4 is 11.8 Å². The molecule has 4 heteroatoms. The van der Waals surface area contributed by atoms with Crippen molar-refractivity contribution in [3.8, 4) is 0 Å². The van der Waals surface area contributed by atoms with E-state index in [0.29, 0.717) is 5.92 Å². The van der Waals surface area contributed by atoms with E-state index in [1.807, 2.05) is 0 Å². The highest BCUT2D eigenvalue weighted by Crippen LogP contribution is 2.45. The predicted octanol–water partition coefficient (Wildman–Crippen LogP) is 1.71. The van der Waals surface area contributed by atoms with Gasteiger partial charge in [-0.15, -0.1) is 0 Å². The summed E-state index contributed by atoms with van der Waals surface area (Å²) in [7, 11) is 0. The first-order valence-electron chi connectivity index (χ1n) is 7.56. The lowest BCUT2D eigenvalue weighted by Crippen LogP contribution is -2.62. The largest absolute Gasteiger partial charge is 0.394 e. The van der Waals surface area contributed by atoms with Gasteiger partial charge in [0.05, 0.1) is 12.1 Å². The number of imide groups is 1. The number of rotatable bonds is 2. The highest BCUT2D eigenvalue weighted by atomic mass is 16.3. The molecule has 2 unspecified atom stereocenters. The monoisotopic (exact) mass is 265 g/mol. The van der Waals surface area contributed by atoms with Gasteiger partial charge < -0.3 is 5.11 Å². The van der Waals surface area contributed by atoms with Gasteiger partial charge >= 0.3 is 0 Å². The van der Waals surface area contributed by atoms with E-state index in [4.69, 9.17) is 0 Å². The number of fused-ring (bicyclic) bond motifs is 2. The highest BCUT2D eigenvalue weighted by Gasteiger charge is 2.53. The van der Waals surface area contributed by atoms with Crippen LogP contribution in [0.2, 0.25) is 0 Å². The van der Waals surface area contributed by atoms with Crippen LogP contribution in [0.5, 0.6) is 0 Å². The molecule has 2 aliphatic carbocycles. The topological polar surface area (TPSA) is 57.6 Å². The van der Waals surface area contributed by atoms with Crippen LogP contribution < -0.4 is 0 Å². The first-order valence-corrected chi connectivity index (χ1v) is 7.56. The first-order chi connectivity index (χ1) is 9.07. The predicted molar refractivity (Wildman–Crippen MR) is 70.1 cm³/mol. The number of piperidine rings is 1. The van der Waals surface area contributed by atoms with Crippen molar-refractivity contribution in [2.45, 2.75) is 57.4 Å². The van der Waals surface area contributed by atoms with E-state index in [1.165, 1.54) is 4.90 Å². The average Bonchev–Trinajstić information content (AvgIpc) is 2.86. The Bertz CT molecular complexity index is 376. The van der Waals surface area contributed by atoms with E-state index in [9.17, 15) is 14.7 Å². The first kappa shape index (κ1) is 13.1. The average molecular weight is 265 g/mol. The summed E-state index contributed by atoms with van der Waals surface area (Å²) in [6.45, 7) is 2.13. The van der Waals surface area contributed by atoms with Crippen molar-refractivity contribution in [2.75, 3.05) is 6.61 Å². The molecule has 2 bridgehead atoms. The third kappa shape index (κ3) is 1.92. The molecule has 0 aromatic rings. The van der Waals surface area contributed by atoms with Gasteiger partial charge in [-0.05, 0) is 50.9 Å². The highest BCUT2D eigenvalue weighted by molar-refractivity contribution is 6.01. The molecule has 0 spiro atoms. The van der Waals surface area contributed by atoms with Gasteiger partial charge in [-0.25, -0.2) is 0 Å². The second-order valence-corrected chi connectivity index (χ2v) is 6.78. The molecule has 2 atom stereocenters. The zero-order valence-electron chi connectivity index (χ0n) is 11.6. The summed E-state index contributed by atoms with van der Waals surface area (Å²) in [5.74, 6) is 0.673. The number of hydrogen-bond donors (Lipinski definition) is 1. The summed E-state index contributed by atoms with van der Waals surface area (Å²) >= 11 is 0. The fourth-order valence-corrected chi connectivity index (χ4v) is 4.12. The SMILES string of the molecule is CC1CCC(CO)(N2C(=O)C3CCC(C3)C2=O)CC1. The Morgan fingerprint density at radius 1 is 1.11 bits per heavy atom. The molecule has 2 amide bonds. The standard InChI is InChI=1S/C15H23NO3/c1-10-4-6-15(9-17,7-5-10)16-13(18)11-2-3-12(8-11)14(16)19/h10-12,17H,2-9H2,1H3. The van der Waals surface area contributed by atoms with E-state index in [-0.39, 0.29) is 30.3 Å². The van der Waals surface area contributed by atoms with Crippen molar-refractivity contribution in [1.82, 2.24) is 4.90 Å². The Morgan fingerprint density at radius 2 is 1.63 bits per heavy atom. The van der Waals surface area contributed by atoms with Crippen LogP contribution in [-0.2, 0) is 9.59 Å². The maximum absolute atomic E-state index is 12.5. The number of carbonyl (C=O) groups is 2. The molecular formula is C15H23NO3. The van der Waals surface area contributed by atoms with Crippen LogP contribution in [0.15, 0.2) is 0 Å². The van der Waals surface area contributed by atoms with Crippen molar-refractivity contribution in [3.63, 3.8) is 0 Å². The fourth-order valence-electron chi connectivity index (χ4n) is 4.12. The third-order valence-corrected chi connectivity index (χ3v) is 5.55. The molecule has 106 valence electrons. The van der Waals surface area contributed by atoms with Gasteiger partial charge in [0.1, 0.15) is 0 Å². The molecule has 2 saturated carbocycles. The van der Waals surface area contributed by atoms with E-state index >= 15 is 0 Å². The molecule has 0 radical (unpaired) electrons. The molecule has 1 aliphatic heterocycles. The minimum Gasteiger partial charge on any atom is -0.394 e. The van der Waals surface area contributed by atoms with Gasteiger partial charge in [0.25, 0.3) is 0 Å². The van der Waals surface area contributed by atoms with E-state index in [2.05, 4.69) is 6.92 Å². The van der Waals surface area contributed by atoms with Crippen LogP contribution >= 0.6 is 0 Å². The quantitative estimate of drug-likeness (QED) is 0.773. The van der Waals surface area contributed by atoms with Crippen LogP contribution in [-0.4, -0.2) is 34.0 Å².